The molecule has 7 nitrogen and oxygen atoms in total. The summed E-state index contributed by atoms with van der Waals surface area (Å²) in [4.78, 5) is 3.98. The van der Waals surface area contributed by atoms with Gasteiger partial charge in [-0.2, -0.15) is 0 Å². The van der Waals surface area contributed by atoms with Crippen LogP contribution < -0.4 is 9.25 Å². The molecule has 1 aromatic heterocycles. The van der Waals surface area contributed by atoms with Crippen molar-refractivity contribution >= 4 is 45.0 Å². The van der Waals surface area contributed by atoms with Crippen LogP contribution in [0.3, 0.4) is 0 Å². The number of thiazole rings is 1. The predicted molar refractivity (Wildman–Crippen MR) is 97.5 cm³/mol. The molecule has 11 heteroatoms. The molecule has 0 saturated heterocycles. The molecule has 0 aliphatic carbocycles. The average molecular weight is 408 g/mol. The van der Waals surface area contributed by atoms with E-state index in [0.29, 0.717) is 24.1 Å². The number of benzene rings is 1. The number of anilines is 1. The van der Waals surface area contributed by atoms with Gasteiger partial charge >= 0.3 is 6.72 Å². The lowest BCUT2D eigenvalue weighted by molar-refractivity contribution is 0.218. The number of hydrogen-bond donors (Lipinski definition) is 1. The fourth-order valence-electron chi connectivity index (χ4n) is 1.66. The van der Waals surface area contributed by atoms with Crippen LogP contribution in [0.2, 0.25) is 0 Å². The summed E-state index contributed by atoms with van der Waals surface area (Å²) in [7, 11) is -3.70. The molecule has 0 atom stereocenters. The monoisotopic (exact) mass is 408 g/mol. The van der Waals surface area contributed by atoms with Crippen LogP contribution in [-0.2, 0) is 30.9 Å². The Labute approximate surface area is 150 Å². The zero-order valence-electron chi connectivity index (χ0n) is 13.0. The molecule has 0 unspecified atom stereocenters. The van der Waals surface area contributed by atoms with Gasteiger partial charge in [-0.1, -0.05) is 0 Å². The topological polar surface area (TPSA) is 86.8 Å². The summed E-state index contributed by atoms with van der Waals surface area (Å²) in [5.74, 6) is 0.383. The summed E-state index contributed by atoms with van der Waals surface area (Å²) < 4.78 is 43.3. The minimum atomic E-state index is -3.70. The Bertz CT molecular complexity index is 784. The molecule has 0 radical (unpaired) electrons. The summed E-state index contributed by atoms with van der Waals surface area (Å²) in [5, 5.41) is 1.99. The van der Waals surface area contributed by atoms with E-state index in [1.54, 1.807) is 19.2 Å². The molecule has 2 rings (SSSR count). The Morgan fingerprint density at radius 3 is 2.33 bits per heavy atom. The molecule has 132 valence electrons. The van der Waals surface area contributed by atoms with Gasteiger partial charge in [0.25, 0.3) is 10.0 Å². The fraction of sp³-hybridized carbons (Fsp3) is 0.308. The van der Waals surface area contributed by atoms with Crippen molar-refractivity contribution in [1.29, 1.82) is 0 Å². The zero-order valence-corrected chi connectivity index (χ0v) is 16.4. The fourth-order valence-corrected chi connectivity index (χ4v) is 5.53. The van der Waals surface area contributed by atoms with E-state index in [1.807, 2.05) is 0 Å². The second-order valence-electron chi connectivity index (χ2n) is 4.29. The lowest BCUT2D eigenvalue weighted by Gasteiger charge is -2.21. The normalized spacial score (nSPS) is 12.1. The van der Waals surface area contributed by atoms with Gasteiger partial charge < -0.3 is 4.52 Å². The molecular formula is C13H17N2O5PS3. The second-order valence-corrected chi connectivity index (χ2v) is 9.80. The highest BCUT2D eigenvalue weighted by atomic mass is 32.5. The first-order chi connectivity index (χ1) is 11.4. The summed E-state index contributed by atoms with van der Waals surface area (Å²) in [6, 6.07) is 5.86. The van der Waals surface area contributed by atoms with E-state index in [4.69, 9.17) is 25.4 Å². The number of hydrogen-bond acceptors (Lipinski definition) is 8. The van der Waals surface area contributed by atoms with Gasteiger partial charge in [-0.15, -0.1) is 11.3 Å². The lowest BCUT2D eigenvalue weighted by Crippen LogP contribution is -2.12. The second kappa shape index (κ2) is 8.37. The van der Waals surface area contributed by atoms with Gasteiger partial charge in [-0.05, 0) is 38.1 Å². The van der Waals surface area contributed by atoms with Crippen LogP contribution in [0.25, 0.3) is 0 Å². The Hall–Kier alpha value is -1.03. The van der Waals surface area contributed by atoms with E-state index in [0.717, 1.165) is 0 Å². The Morgan fingerprint density at radius 2 is 1.83 bits per heavy atom. The van der Waals surface area contributed by atoms with E-state index in [1.165, 1.54) is 41.8 Å². The van der Waals surface area contributed by atoms with Crippen molar-refractivity contribution in [3.8, 4) is 5.75 Å². The number of sulfonamides is 1. The van der Waals surface area contributed by atoms with Crippen LogP contribution in [0.4, 0.5) is 5.13 Å². The highest BCUT2D eigenvalue weighted by Gasteiger charge is 2.22. The maximum absolute atomic E-state index is 12.3. The van der Waals surface area contributed by atoms with Crippen molar-refractivity contribution in [3.05, 3.63) is 35.8 Å². The summed E-state index contributed by atoms with van der Waals surface area (Å²) in [6.45, 7) is 1.43. The van der Waals surface area contributed by atoms with Crippen LogP contribution in [0, 0.1) is 0 Å². The Kier molecular flexibility index (Phi) is 6.73. The van der Waals surface area contributed by atoms with Crippen molar-refractivity contribution in [3.63, 3.8) is 0 Å². The molecule has 1 heterocycles. The molecule has 24 heavy (non-hydrogen) atoms. The third-order valence-corrected chi connectivity index (χ3v) is 7.19. The quantitative estimate of drug-likeness (QED) is 0.634. The number of nitrogens with one attached hydrogen (secondary N) is 1. The molecule has 0 amide bonds. The van der Waals surface area contributed by atoms with E-state index in [9.17, 15) is 8.42 Å². The van der Waals surface area contributed by atoms with Crippen LogP contribution in [0.5, 0.6) is 5.75 Å². The van der Waals surface area contributed by atoms with Gasteiger partial charge in [0.05, 0.1) is 18.1 Å². The molecule has 0 saturated carbocycles. The van der Waals surface area contributed by atoms with Crippen molar-refractivity contribution in [2.24, 2.45) is 0 Å². The smallest absolute Gasteiger partial charge is 0.380 e. The van der Waals surface area contributed by atoms with Crippen LogP contribution in [0.1, 0.15) is 13.8 Å². The van der Waals surface area contributed by atoms with E-state index >= 15 is 0 Å². The largest absolute Gasteiger partial charge is 0.424 e. The maximum Gasteiger partial charge on any atom is 0.380 e. The third-order valence-electron chi connectivity index (χ3n) is 2.58. The maximum atomic E-state index is 12.3. The zero-order chi connectivity index (χ0) is 17.6. The van der Waals surface area contributed by atoms with E-state index in [-0.39, 0.29) is 4.90 Å². The standard InChI is InChI=1S/C13H17N2O5PS3/c1-3-18-21(22,19-4-2)20-11-5-7-12(8-6-11)24(16,17)15-13-14-9-10-23-13/h5-10H,3-4H2,1-2H3,(H,14,15). The molecule has 1 N–H and O–H groups in total. The summed E-state index contributed by atoms with van der Waals surface area (Å²) >= 11 is 6.47. The van der Waals surface area contributed by atoms with E-state index in [2.05, 4.69) is 9.71 Å². The molecule has 0 aliphatic heterocycles. The van der Waals surface area contributed by atoms with Gasteiger partial charge in [0.2, 0.25) is 0 Å². The molecule has 0 aliphatic rings. The van der Waals surface area contributed by atoms with Crippen molar-refractivity contribution < 1.29 is 22.0 Å². The molecule has 1 aromatic carbocycles. The van der Waals surface area contributed by atoms with Crippen molar-refractivity contribution in [2.45, 2.75) is 18.7 Å². The van der Waals surface area contributed by atoms with Crippen LogP contribution >= 0.6 is 18.1 Å². The minimum Gasteiger partial charge on any atom is -0.424 e. The first kappa shape index (κ1) is 19.3. The highest BCUT2D eigenvalue weighted by molar-refractivity contribution is 8.07. The van der Waals surface area contributed by atoms with Crippen molar-refractivity contribution in [1.82, 2.24) is 4.98 Å². The third kappa shape index (κ3) is 5.23. The molecule has 2 aromatic rings. The van der Waals surface area contributed by atoms with Gasteiger partial charge in [-0.3, -0.25) is 13.8 Å². The van der Waals surface area contributed by atoms with Gasteiger partial charge in [0.1, 0.15) is 5.75 Å². The first-order valence-corrected chi connectivity index (χ1v) is 11.9. The van der Waals surface area contributed by atoms with Gasteiger partial charge in [0, 0.05) is 23.4 Å². The van der Waals surface area contributed by atoms with Gasteiger partial charge in [-0.25, -0.2) is 13.4 Å². The minimum absolute atomic E-state index is 0.0890. The Balaban J connectivity index is 2.13. The molecule has 0 spiro atoms. The molecule has 0 bridgehead atoms. The Morgan fingerprint density at radius 1 is 1.21 bits per heavy atom. The molecule has 0 fully saturated rings. The van der Waals surface area contributed by atoms with Gasteiger partial charge in [0.15, 0.2) is 5.13 Å². The predicted octanol–water partition coefficient (Wildman–Crippen LogP) is 3.62. The molecular weight excluding hydrogens is 391 g/mol. The lowest BCUT2D eigenvalue weighted by atomic mass is 10.3. The SMILES string of the molecule is CCOP(=S)(OCC)Oc1ccc(S(=O)(=O)Nc2nccs2)cc1. The van der Waals surface area contributed by atoms with Crippen molar-refractivity contribution in [2.75, 3.05) is 17.9 Å². The van der Waals surface area contributed by atoms with E-state index < -0.39 is 16.7 Å². The first-order valence-electron chi connectivity index (χ1n) is 6.99. The summed E-state index contributed by atoms with van der Waals surface area (Å²) in [5.41, 5.74) is 0. The average Bonchev–Trinajstić information content (AvgIpc) is 3.00. The number of nitrogens with zero attached hydrogens (tertiary/aromatic N) is 1. The summed E-state index contributed by atoms with van der Waals surface area (Å²) in [6.07, 6.45) is 1.52. The highest BCUT2D eigenvalue weighted by Crippen LogP contribution is 2.49. The van der Waals surface area contributed by atoms with Crippen LogP contribution in [0.15, 0.2) is 40.7 Å². The number of rotatable bonds is 9. The van der Waals surface area contributed by atoms with Crippen LogP contribution in [-0.4, -0.2) is 26.6 Å². The number of aromatic nitrogens is 1.